The monoisotopic (exact) mass is 309 g/mol. The average molecular weight is 312 g/mol. The maximum atomic E-state index is 2.08. The van der Waals surface area contributed by atoms with Crippen molar-refractivity contribution >= 4 is 0 Å². The minimum Gasteiger partial charge on any atom is -1.00 e. The minimum atomic E-state index is 0. The van der Waals surface area contributed by atoms with E-state index in [1.54, 1.807) is 0 Å². The van der Waals surface area contributed by atoms with Gasteiger partial charge in [-0.2, -0.15) is 41.5 Å². The van der Waals surface area contributed by atoms with Crippen LogP contribution in [0.3, 0.4) is 0 Å². The van der Waals surface area contributed by atoms with E-state index in [4.69, 9.17) is 0 Å². The smallest absolute Gasteiger partial charge is 1.00 e. The van der Waals surface area contributed by atoms with Gasteiger partial charge in [0.15, 0.2) is 0 Å². The molecule has 0 aliphatic heterocycles. The van der Waals surface area contributed by atoms with Crippen LogP contribution in [0.25, 0.3) is 0 Å². The molecule has 0 rings (SSSR count). The van der Waals surface area contributed by atoms with Crippen molar-refractivity contribution in [2.24, 2.45) is 0 Å². The molecule has 0 atom stereocenters. The van der Waals surface area contributed by atoms with Gasteiger partial charge in [-0.25, -0.2) is 0 Å². The van der Waals surface area contributed by atoms with E-state index in [0.717, 1.165) is 0 Å². The molecule has 0 saturated heterocycles. The Hall–Kier alpha value is 1.75. The molecule has 0 nitrogen and oxygen atoms in total. The van der Waals surface area contributed by atoms with Gasteiger partial charge in [-0.3, -0.25) is 0 Å². The molecule has 0 aromatic heterocycles. The second-order valence-corrected chi connectivity index (χ2v) is 3.00. The molecule has 0 aliphatic carbocycles. The van der Waals surface area contributed by atoms with Crippen LogP contribution in [-0.2, 0) is 26.2 Å². The molecule has 12 heavy (non-hydrogen) atoms. The van der Waals surface area contributed by atoms with Crippen molar-refractivity contribution in [1.29, 1.82) is 0 Å². The summed E-state index contributed by atoms with van der Waals surface area (Å²) < 4.78 is 0. The molecule has 0 heterocycles. The molecule has 0 unspecified atom stereocenters. The van der Waals surface area contributed by atoms with E-state index < -0.39 is 0 Å². The normalized spacial score (nSPS) is 6.00. The van der Waals surface area contributed by atoms with Crippen LogP contribution in [0, 0.1) is 11.8 Å². The third-order valence-corrected chi connectivity index (χ3v) is 0. The van der Waals surface area contributed by atoms with Crippen LogP contribution in [0.4, 0.5) is 0 Å². The molecule has 0 radical (unpaired) electrons. The van der Waals surface area contributed by atoms with Crippen molar-refractivity contribution in [3.8, 4) is 0 Å². The first-order chi connectivity index (χ1) is 3.46. The van der Waals surface area contributed by atoms with Crippen LogP contribution in [0.5, 0.6) is 0 Å². The predicted molar refractivity (Wildman–Crippen MR) is 40.5 cm³/mol. The van der Waals surface area contributed by atoms with E-state index in [9.17, 15) is 0 Å². The van der Waals surface area contributed by atoms with Crippen LogP contribution in [-0.4, -0.2) is 0 Å². The maximum absolute atomic E-state index is 2.08. The van der Waals surface area contributed by atoms with E-state index in [1.807, 2.05) is 0 Å². The van der Waals surface area contributed by atoms with E-state index in [1.165, 1.54) is 11.8 Å². The molecule has 78 valence electrons. The molecular weight excluding hydrogens is 294 g/mol. The van der Waals surface area contributed by atoms with Gasteiger partial charge in [0.1, 0.15) is 0 Å². The molecule has 0 aromatic rings. The third kappa shape index (κ3) is 442. The van der Waals surface area contributed by atoms with Crippen molar-refractivity contribution in [2.45, 2.75) is 41.5 Å². The van der Waals surface area contributed by atoms with Crippen LogP contribution in [0.2, 0.25) is 0 Å². The predicted octanol–water partition coefficient (Wildman–Crippen LogP) is -5.75. The number of halogens is 3. The molecule has 0 spiro atoms. The van der Waals surface area contributed by atoms with Crippen LogP contribution < -0.4 is 37.2 Å². The first-order valence-electron chi connectivity index (χ1n) is 3.00. The fourth-order valence-electron chi connectivity index (χ4n) is 0. The molecular formula is C8H18Cl3Zr-3. The molecule has 0 aromatic carbocycles. The van der Waals surface area contributed by atoms with E-state index >= 15 is 0 Å². The fourth-order valence-corrected chi connectivity index (χ4v) is 0. The summed E-state index contributed by atoms with van der Waals surface area (Å²) in [6.45, 7) is 12.5. The summed E-state index contributed by atoms with van der Waals surface area (Å²) in [6, 6.07) is 0. The summed E-state index contributed by atoms with van der Waals surface area (Å²) in [5, 5.41) is 0. The Bertz CT molecular complexity index is 29.8. The van der Waals surface area contributed by atoms with Gasteiger partial charge < -0.3 is 49.1 Å². The number of rotatable bonds is 0. The summed E-state index contributed by atoms with van der Waals surface area (Å²) in [4.78, 5) is 0. The zero-order valence-electron chi connectivity index (χ0n) is 8.63. The van der Waals surface area contributed by atoms with Gasteiger partial charge in [0.2, 0.25) is 0 Å². The standard InChI is InChI=1S/2C4H9.3ClH.Zr/c2*1-4(2)3;;;;/h2*1-3H3;3*1H;/q2*-1;;;;+2/p-3. The van der Waals surface area contributed by atoms with Gasteiger partial charge in [-0.1, -0.05) is 0 Å². The molecule has 0 aliphatic rings. The molecule has 0 saturated carbocycles. The largest absolute Gasteiger partial charge is 2.00 e. The summed E-state index contributed by atoms with van der Waals surface area (Å²) in [7, 11) is 0. The van der Waals surface area contributed by atoms with Crippen LogP contribution >= 0.6 is 0 Å². The molecule has 0 fully saturated rings. The Morgan fingerprint density at radius 2 is 0.500 bits per heavy atom. The van der Waals surface area contributed by atoms with Crippen molar-refractivity contribution in [1.82, 2.24) is 0 Å². The zero-order valence-corrected chi connectivity index (χ0v) is 13.4. The van der Waals surface area contributed by atoms with Gasteiger partial charge >= 0.3 is 26.2 Å². The van der Waals surface area contributed by atoms with Crippen molar-refractivity contribution in [3.63, 3.8) is 0 Å². The van der Waals surface area contributed by atoms with Gasteiger partial charge in [0, 0.05) is 0 Å². The van der Waals surface area contributed by atoms with Crippen LogP contribution in [0.15, 0.2) is 0 Å². The Morgan fingerprint density at radius 3 is 0.500 bits per heavy atom. The molecule has 0 amide bonds. The van der Waals surface area contributed by atoms with Gasteiger partial charge in [-0.15, -0.1) is 0 Å². The van der Waals surface area contributed by atoms with E-state index in [0.29, 0.717) is 0 Å². The number of hydrogen-bond acceptors (Lipinski definition) is 0. The minimum absolute atomic E-state index is 0. The average Bonchev–Trinajstić information content (AvgIpc) is 1.25. The first-order valence-corrected chi connectivity index (χ1v) is 3.00. The van der Waals surface area contributed by atoms with Crippen LogP contribution in [0.1, 0.15) is 41.5 Å². The van der Waals surface area contributed by atoms with Gasteiger partial charge in [0.05, 0.1) is 0 Å². The van der Waals surface area contributed by atoms with Gasteiger partial charge in [0.25, 0.3) is 0 Å². The Kier molecular flexibility index (Phi) is 90.9. The molecule has 0 N–H and O–H groups in total. The zero-order chi connectivity index (χ0) is 7.15. The Morgan fingerprint density at radius 1 is 0.500 bits per heavy atom. The summed E-state index contributed by atoms with van der Waals surface area (Å²) >= 11 is 0. The topological polar surface area (TPSA) is 0 Å². The third-order valence-electron chi connectivity index (χ3n) is 0. The second-order valence-electron chi connectivity index (χ2n) is 3.00. The Labute approximate surface area is 116 Å². The summed E-state index contributed by atoms with van der Waals surface area (Å²) in [5.74, 6) is 2.83. The maximum Gasteiger partial charge on any atom is 2.00 e. The van der Waals surface area contributed by atoms with E-state index in [2.05, 4.69) is 41.5 Å². The number of hydrogen-bond donors (Lipinski definition) is 0. The summed E-state index contributed by atoms with van der Waals surface area (Å²) in [5.41, 5.74) is 0. The van der Waals surface area contributed by atoms with Crippen molar-refractivity contribution < 1.29 is 63.4 Å². The fraction of sp³-hybridized carbons (Fsp3) is 0.750. The Balaban J connectivity index is -0.0000000112. The SMILES string of the molecule is C[C-](C)C.C[C-](C)C.[Cl-].[Cl-].[Cl-].[Zr+2]. The molecule has 0 bridgehead atoms. The van der Waals surface area contributed by atoms with E-state index in [-0.39, 0.29) is 63.4 Å². The van der Waals surface area contributed by atoms with Gasteiger partial charge in [-0.05, 0) is 0 Å². The summed E-state index contributed by atoms with van der Waals surface area (Å²) in [6.07, 6.45) is 0. The molecule has 4 heteroatoms. The first kappa shape index (κ1) is 37.2. The quantitative estimate of drug-likeness (QED) is 0.391. The van der Waals surface area contributed by atoms with Crippen molar-refractivity contribution in [3.05, 3.63) is 11.8 Å². The second kappa shape index (κ2) is 29.3. The van der Waals surface area contributed by atoms with Crippen molar-refractivity contribution in [2.75, 3.05) is 0 Å².